The number of benzene rings is 1. The summed E-state index contributed by atoms with van der Waals surface area (Å²) >= 11 is 0. The van der Waals surface area contributed by atoms with E-state index in [2.05, 4.69) is 22.5 Å². The predicted octanol–water partition coefficient (Wildman–Crippen LogP) is 2.47. The van der Waals surface area contributed by atoms with Gasteiger partial charge in [0.2, 0.25) is 0 Å². The molecule has 4 heteroatoms. The second-order valence-electron chi connectivity index (χ2n) is 4.98. The number of hydrogen-bond acceptors (Lipinski definition) is 2. The second-order valence-corrected chi connectivity index (χ2v) is 4.98. The normalized spacial score (nSPS) is 15.4. The van der Waals surface area contributed by atoms with E-state index >= 15 is 0 Å². The molecule has 0 saturated carbocycles. The molecule has 19 heavy (non-hydrogen) atoms. The molecule has 0 bridgehead atoms. The maximum Gasteiger partial charge on any atom is 0.319 e. The van der Waals surface area contributed by atoms with Crippen molar-refractivity contribution in [1.82, 2.24) is 10.2 Å². The van der Waals surface area contributed by atoms with Crippen LogP contribution in [0, 0.1) is 0 Å². The molecule has 2 amide bonds. The third-order valence-electron chi connectivity index (χ3n) is 3.53. The molecule has 1 saturated heterocycles. The Balaban J connectivity index is 1.68. The average molecular weight is 261 g/mol. The second kappa shape index (κ2) is 7.14. The van der Waals surface area contributed by atoms with E-state index in [1.54, 1.807) is 0 Å². The van der Waals surface area contributed by atoms with Crippen LogP contribution in [0.5, 0.6) is 0 Å². The Labute approximate surface area is 115 Å². The molecule has 1 aliphatic rings. The lowest BCUT2D eigenvalue weighted by Gasteiger charge is -2.15. The third kappa shape index (κ3) is 4.56. The number of amides is 2. The summed E-state index contributed by atoms with van der Waals surface area (Å²) in [4.78, 5) is 14.1. The van der Waals surface area contributed by atoms with Gasteiger partial charge in [0.05, 0.1) is 0 Å². The van der Waals surface area contributed by atoms with Crippen molar-refractivity contribution in [3.63, 3.8) is 0 Å². The van der Waals surface area contributed by atoms with Gasteiger partial charge in [-0.1, -0.05) is 19.1 Å². The highest BCUT2D eigenvalue weighted by Gasteiger charge is 2.10. The third-order valence-corrected chi connectivity index (χ3v) is 3.53. The van der Waals surface area contributed by atoms with Crippen molar-refractivity contribution in [2.45, 2.75) is 26.2 Å². The number of urea groups is 1. The first kappa shape index (κ1) is 13.9. The molecule has 1 heterocycles. The summed E-state index contributed by atoms with van der Waals surface area (Å²) in [5.74, 6) is 0. The predicted molar refractivity (Wildman–Crippen MR) is 78.5 cm³/mol. The maximum absolute atomic E-state index is 11.7. The molecule has 0 atom stereocenters. The number of likely N-dealkylation sites (tertiary alicyclic amines) is 1. The van der Waals surface area contributed by atoms with Crippen molar-refractivity contribution in [3.8, 4) is 0 Å². The summed E-state index contributed by atoms with van der Waals surface area (Å²) in [6, 6.07) is 7.85. The van der Waals surface area contributed by atoms with Crippen LogP contribution >= 0.6 is 0 Å². The first-order valence-electron chi connectivity index (χ1n) is 7.14. The molecule has 0 aliphatic carbocycles. The average Bonchev–Trinajstić information content (AvgIpc) is 2.93. The Kier molecular flexibility index (Phi) is 5.21. The number of nitrogens with one attached hydrogen (secondary N) is 2. The quantitative estimate of drug-likeness (QED) is 0.855. The number of carbonyl (C=O) groups is 1. The fourth-order valence-corrected chi connectivity index (χ4v) is 2.33. The standard InChI is InChI=1S/C15H23N3O/c1-2-13-5-7-14(8-6-13)17-15(19)16-9-12-18-10-3-4-11-18/h5-8H,2-4,9-12H2,1H3,(H2,16,17,19). The molecule has 0 unspecified atom stereocenters. The number of aryl methyl sites for hydroxylation is 1. The van der Waals surface area contributed by atoms with Gasteiger partial charge in [0, 0.05) is 18.8 Å². The molecule has 2 N–H and O–H groups in total. The van der Waals surface area contributed by atoms with Gasteiger partial charge in [0.1, 0.15) is 0 Å². The van der Waals surface area contributed by atoms with E-state index in [0.717, 1.165) is 18.7 Å². The van der Waals surface area contributed by atoms with Crippen molar-refractivity contribution in [2.24, 2.45) is 0 Å². The van der Waals surface area contributed by atoms with Gasteiger partial charge in [-0.25, -0.2) is 4.79 Å². The molecule has 4 nitrogen and oxygen atoms in total. The van der Waals surface area contributed by atoms with E-state index in [-0.39, 0.29) is 6.03 Å². The van der Waals surface area contributed by atoms with Gasteiger partial charge in [-0.3, -0.25) is 0 Å². The van der Waals surface area contributed by atoms with E-state index < -0.39 is 0 Å². The summed E-state index contributed by atoms with van der Waals surface area (Å²) in [6.07, 6.45) is 3.59. The molecule has 0 aromatic heterocycles. The van der Waals surface area contributed by atoms with E-state index in [1.807, 2.05) is 24.3 Å². The van der Waals surface area contributed by atoms with Crippen LogP contribution < -0.4 is 10.6 Å². The van der Waals surface area contributed by atoms with E-state index in [9.17, 15) is 4.79 Å². The van der Waals surface area contributed by atoms with Crippen LogP contribution in [0.15, 0.2) is 24.3 Å². The van der Waals surface area contributed by atoms with Gasteiger partial charge in [-0.05, 0) is 50.0 Å². The highest BCUT2D eigenvalue weighted by molar-refractivity contribution is 5.89. The summed E-state index contributed by atoms with van der Waals surface area (Å²) in [5.41, 5.74) is 2.12. The molecule has 1 aromatic carbocycles. The Hall–Kier alpha value is -1.55. The summed E-state index contributed by atoms with van der Waals surface area (Å²) < 4.78 is 0. The van der Waals surface area contributed by atoms with E-state index in [0.29, 0.717) is 6.54 Å². The van der Waals surface area contributed by atoms with Crippen LogP contribution in [0.4, 0.5) is 10.5 Å². The molecular formula is C15H23N3O. The molecule has 0 radical (unpaired) electrons. The zero-order valence-corrected chi connectivity index (χ0v) is 11.6. The van der Waals surface area contributed by atoms with Gasteiger partial charge in [0.25, 0.3) is 0 Å². The van der Waals surface area contributed by atoms with Gasteiger partial charge in [-0.2, -0.15) is 0 Å². The van der Waals surface area contributed by atoms with Gasteiger partial charge in [0.15, 0.2) is 0 Å². The lowest BCUT2D eigenvalue weighted by molar-refractivity contribution is 0.249. The van der Waals surface area contributed by atoms with Crippen LogP contribution in [0.2, 0.25) is 0 Å². The van der Waals surface area contributed by atoms with Crippen LogP contribution in [0.25, 0.3) is 0 Å². The SMILES string of the molecule is CCc1ccc(NC(=O)NCCN2CCCC2)cc1. The van der Waals surface area contributed by atoms with Gasteiger partial charge >= 0.3 is 6.03 Å². The number of anilines is 1. The minimum absolute atomic E-state index is 0.122. The molecule has 2 rings (SSSR count). The molecule has 1 aliphatic heterocycles. The minimum atomic E-state index is -0.122. The number of rotatable bonds is 5. The van der Waals surface area contributed by atoms with Crippen molar-refractivity contribution < 1.29 is 4.79 Å². The first-order chi connectivity index (χ1) is 9.28. The number of nitrogens with zero attached hydrogens (tertiary/aromatic N) is 1. The van der Waals surface area contributed by atoms with E-state index in [1.165, 1.54) is 31.5 Å². The summed E-state index contributed by atoms with van der Waals surface area (Å²) in [7, 11) is 0. The van der Waals surface area contributed by atoms with Crippen molar-refractivity contribution >= 4 is 11.7 Å². The van der Waals surface area contributed by atoms with Crippen LogP contribution in [-0.4, -0.2) is 37.1 Å². The highest BCUT2D eigenvalue weighted by atomic mass is 16.2. The topological polar surface area (TPSA) is 44.4 Å². The Morgan fingerprint density at radius 2 is 1.89 bits per heavy atom. The Bertz CT molecular complexity index is 396. The van der Waals surface area contributed by atoms with Gasteiger partial charge < -0.3 is 15.5 Å². The fourth-order valence-electron chi connectivity index (χ4n) is 2.33. The summed E-state index contributed by atoms with van der Waals surface area (Å²) in [6.45, 7) is 6.11. The molecule has 1 fully saturated rings. The highest BCUT2D eigenvalue weighted by Crippen LogP contribution is 2.09. The van der Waals surface area contributed by atoms with Crippen molar-refractivity contribution in [3.05, 3.63) is 29.8 Å². The zero-order valence-electron chi connectivity index (χ0n) is 11.6. The van der Waals surface area contributed by atoms with Crippen LogP contribution in [0.1, 0.15) is 25.3 Å². The molecule has 0 spiro atoms. The smallest absolute Gasteiger partial charge is 0.319 e. The minimum Gasteiger partial charge on any atom is -0.337 e. The molecule has 1 aromatic rings. The zero-order chi connectivity index (χ0) is 13.5. The largest absolute Gasteiger partial charge is 0.337 e. The Morgan fingerprint density at radius 3 is 2.53 bits per heavy atom. The van der Waals surface area contributed by atoms with Gasteiger partial charge in [-0.15, -0.1) is 0 Å². The van der Waals surface area contributed by atoms with Crippen molar-refractivity contribution in [2.75, 3.05) is 31.5 Å². The monoisotopic (exact) mass is 261 g/mol. The van der Waals surface area contributed by atoms with Crippen LogP contribution in [0.3, 0.4) is 0 Å². The lowest BCUT2D eigenvalue weighted by atomic mass is 10.1. The number of hydrogen-bond donors (Lipinski definition) is 2. The van der Waals surface area contributed by atoms with Crippen LogP contribution in [-0.2, 0) is 6.42 Å². The molecule has 104 valence electrons. The fraction of sp³-hybridized carbons (Fsp3) is 0.533. The van der Waals surface area contributed by atoms with Crippen molar-refractivity contribution in [1.29, 1.82) is 0 Å². The molecular weight excluding hydrogens is 238 g/mol. The number of carbonyl (C=O) groups excluding carboxylic acids is 1. The lowest BCUT2D eigenvalue weighted by Crippen LogP contribution is -2.35. The van der Waals surface area contributed by atoms with E-state index in [4.69, 9.17) is 0 Å². The first-order valence-corrected chi connectivity index (χ1v) is 7.14. The Morgan fingerprint density at radius 1 is 1.21 bits per heavy atom. The summed E-state index contributed by atoms with van der Waals surface area (Å²) in [5, 5.41) is 5.74. The maximum atomic E-state index is 11.7.